The minimum atomic E-state index is -1.04. The molecule has 0 aliphatic rings. The van der Waals surface area contributed by atoms with Crippen LogP contribution in [-0.2, 0) is 9.53 Å². The second-order valence-electron chi connectivity index (χ2n) is 3.56. The fourth-order valence-corrected chi connectivity index (χ4v) is 1.51. The summed E-state index contributed by atoms with van der Waals surface area (Å²) >= 11 is 5.64. The Labute approximate surface area is 110 Å². The zero-order valence-corrected chi connectivity index (χ0v) is 11.1. The predicted octanol–water partition coefficient (Wildman–Crippen LogP) is 1.80. The molecule has 0 N–H and O–H groups in total. The standard InChI is InChI=1S/C12H13ClN2O3/c1-7(14-2)10(12(17)18-3)11(16)8-4-5-9(13)15-6-8/h4-6,10H,1-3H3. The number of aliphatic imine (C=N–C) groups is 1. The molecule has 1 heterocycles. The first-order valence-corrected chi connectivity index (χ1v) is 5.56. The summed E-state index contributed by atoms with van der Waals surface area (Å²) in [7, 11) is 2.74. The van der Waals surface area contributed by atoms with Crippen molar-refractivity contribution in [2.24, 2.45) is 10.9 Å². The van der Waals surface area contributed by atoms with Gasteiger partial charge in [0.25, 0.3) is 0 Å². The van der Waals surface area contributed by atoms with Gasteiger partial charge in [0.15, 0.2) is 11.7 Å². The number of hydrogen-bond acceptors (Lipinski definition) is 5. The molecule has 0 saturated heterocycles. The molecule has 0 aliphatic heterocycles. The lowest BCUT2D eigenvalue weighted by atomic mass is 9.94. The zero-order chi connectivity index (χ0) is 13.7. The first-order chi connectivity index (χ1) is 8.51. The summed E-state index contributed by atoms with van der Waals surface area (Å²) in [6.07, 6.45) is 1.32. The summed E-state index contributed by atoms with van der Waals surface area (Å²) in [4.78, 5) is 31.5. The number of aromatic nitrogens is 1. The van der Waals surface area contributed by atoms with Gasteiger partial charge in [-0.15, -0.1) is 0 Å². The number of nitrogens with zero attached hydrogens (tertiary/aromatic N) is 2. The Morgan fingerprint density at radius 2 is 2.11 bits per heavy atom. The van der Waals surface area contributed by atoms with Crippen molar-refractivity contribution >= 4 is 29.1 Å². The van der Waals surface area contributed by atoms with E-state index in [9.17, 15) is 9.59 Å². The van der Waals surface area contributed by atoms with Crippen LogP contribution in [0.2, 0.25) is 5.15 Å². The number of hydrogen-bond donors (Lipinski definition) is 0. The number of carbonyl (C=O) groups is 2. The first kappa shape index (κ1) is 14.3. The topological polar surface area (TPSA) is 68.6 Å². The van der Waals surface area contributed by atoms with Crippen molar-refractivity contribution in [1.82, 2.24) is 4.98 Å². The van der Waals surface area contributed by atoms with E-state index in [-0.39, 0.29) is 10.7 Å². The second-order valence-corrected chi connectivity index (χ2v) is 3.94. The summed E-state index contributed by atoms with van der Waals surface area (Å²) in [5.41, 5.74) is 0.680. The molecule has 1 unspecified atom stereocenters. The highest BCUT2D eigenvalue weighted by Gasteiger charge is 2.31. The molecule has 1 atom stereocenters. The van der Waals surface area contributed by atoms with E-state index in [2.05, 4.69) is 14.7 Å². The van der Waals surface area contributed by atoms with E-state index in [1.807, 2.05) is 0 Å². The molecule has 0 bridgehead atoms. The summed E-state index contributed by atoms with van der Waals surface area (Å²) < 4.78 is 4.61. The second kappa shape index (κ2) is 6.26. The van der Waals surface area contributed by atoms with Crippen LogP contribution in [-0.4, -0.2) is 36.6 Å². The van der Waals surface area contributed by atoms with Gasteiger partial charge in [-0.3, -0.25) is 14.6 Å². The Morgan fingerprint density at radius 1 is 1.44 bits per heavy atom. The Kier molecular flexibility index (Phi) is 4.97. The smallest absolute Gasteiger partial charge is 0.322 e. The van der Waals surface area contributed by atoms with Gasteiger partial charge in [0.2, 0.25) is 0 Å². The van der Waals surface area contributed by atoms with Gasteiger partial charge in [0.05, 0.1) is 7.11 Å². The normalized spacial score (nSPS) is 13.0. The van der Waals surface area contributed by atoms with Gasteiger partial charge in [0, 0.05) is 24.5 Å². The van der Waals surface area contributed by atoms with E-state index in [0.717, 1.165) is 0 Å². The van der Waals surface area contributed by atoms with Gasteiger partial charge in [-0.2, -0.15) is 0 Å². The van der Waals surface area contributed by atoms with Crippen molar-refractivity contribution in [1.29, 1.82) is 0 Å². The summed E-state index contributed by atoms with van der Waals surface area (Å²) in [5.74, 6) is -2.09. The monoisotopic (exact) mass is 268 g/mol. The average molecular weight is 269 g/mol. The Bertz CT molecular complexity index is 483. The molecule has 0 saturated carbocycles. The molecule has 0 fully saturated rings. The number of Topliss-reactive ketones (excluding diaryl/α,β-unsaturated/α-hetero) is 1. The molecule has 1 rings (SSSR count). The van der Waals surface area contributed by atoms with Crippen molar-refractivity contribution in [2.45, 2.75) is 6.92 Å². The van der Waals surface area contributed by atoms with Crippen LogP contribution in [0.5, 0.6) is 0 Å². The number of esters is 1. The number of ketones is 1. The lowest BCUT2D eigenvalue weighted by Gasteiger charge is -2.12. The number of pyridine rings is 1. The fourth-order valence-electron chi connectivity index (χ4n) is 1.40. The van der Waals surface area contributed by atoms with Gasteiger partial charge in [-0.25, -0.2) is 4.98 Å². The Hall–Kier alpha value is -1.75. The van der Waals surface area contributed by atoms with Crippen LogP contribution in [0.1, 0.15) is 17.3 Å². The maximum atomic E-state index is 12.2. The lowest BCUT2D eigenvalue weighted by molar-refractivity contribution is -0.141. The highest BCUT2D eigenvalue weighted by Crippen LogP contribution is 2.14. The molecule has 1 aromatic rings. The molecule has 0 aromatic carbocycles. The summed E-state index contributed by atoms with van der Waals surface area (Å²) in [5, 5.41) is 0.280. The third kappa shape index (κ3) is 3.13. The van der Waals surface area contributed by atoms with Crippen LogP contribution < -0.4 is 0 Å². The van der Waals surface area contributed by atoms with Crippen molar-refractivity contribution in [3.63, 3.8) is 0 Å². The van der Waals surface area contributed by atoms with Crippen molar-refractivity contribution in [3.05, 3.63) is 29.0 Å². The number of ether oxygens (including phenoxy) is 1. The number of rotatable bonds is 4. The van der Waals surface area contributed by atoms with E-state index in [4.69, 9.17) is 11.6 Å². The van der Waals surface area contributed by atoms with Gasteiger partial charge in [-0.05, 0) is 19.1 Å². The van der Waals surface area contributed by atoms with Gasteiger partial charge in [0.1, 0.15) is 5.15 Å². The van der Waals surface area contributed by atoms with E-state index in [0.29, 0.717) is 5.71 Å². The molecule has 0 spiro atoms. The minimum Gasteiger partial charge on any atom is -0.468 e. The van der Waals surface area contributed by atoms with Gasteiger partial charge in [-0.1, -0.05) is 11.6 Å². The van der Waals surface area contributed by atoms with Crippen LogP contribution in [0.15, 0.2) is 23.3 Å². The molecule has 1 aromatic heterocycles. The number of methoxy groups -OCH3 is 1. The zero-order valence-electron chi connectivity index (χ0n) is 10.3. The molecule has 5 nitrogen and oxygen atoms in total. The summed E-state index contributed by atoms with van der Waals surface area (Å²) in [6, 6.07) is 3.00. The SMILES string of the molecule is CN=C(C)C(C(=O)OC)C(=O)c1ccc(Cl)nc1. The molecular weight excluding hydrogens is 256 g/mol. The average Bonchev–Trinajstić information content (AvgIpc) is 2.39. The summed E-state index contributed by atoms with van der Waals surface area (Å²) in [6.45, 7) is 1.60. The quantitative estimate of drug-likeness (QED) is 0.274. The van der Waals surface area contributed by atoms with Crippen LogP contribution >= 0.6 is 11.6 Å². The van der Waals surface area contributed by atoms with Crippen molar-refractivity contribution < 1.29 is 14.3 Å². The van der Waals surface area contributed by atoms with E-state index >= 15 is 0 Å². The van der Waals surface area contributed by atoms with Crippen LogP contribution in [0.4, 0.5) is 0 Å². The molecular formula is C12H13ClN2O3. The van der Waals surface area contributed by atoms with Crippen molar-refractivity contribution in [3.8, 4) is 0 Å². The molecule has 18 heavy (non-hydrogen) atoms. The van der Waals surface area contributed by atoms with E-state index in [1.165, 1.54) is 32.5 Å². The van der Waals surface area contributed by atoms with Crippen LogP contribution in [0.3, 0.4) is 0 Å². The van der Waals surface area contributed by atoms with Gasteiger partial charge >= 0.3 is 5.97 Å². The minimum absolute atomic E-state index is 0.280. The third-order valence-corrected chi connectivity index (χ3v) is 2.71. The Balaban J connectivity index is 3.10. The van der Waals surface area contributed by atoms with E-state index < -0.39 is 17.7 Å². The first-order valence-electron chi connectivity index (χ1n) is 5.18. The molecule has 0 amide bonds. The fraction of sp³-hybridized carbons (Fsp3) is 0.333. The number of carbonyl (C=O) groups excluding carboxylic acids is 2. The van der Waals surface area contributed by atoms with Crippen molar-refractivity contribution in [2.75, 3.05) is 14.2 Å². The number of halogens is 1. The third-order valence-electron chi connectivity index (χ3n) is 2.48. The highest BCUT2D eigenvalue weighted by atomic mass is 35.5. The molecule has 0 radical (unpaired) electrons. The maximum absolute atomic E-state index is 12.2. The molecule has 6 heteroatoms. The maximum Gasteiger partial charge on any atom is 0.322 e. The van der Waals surface area contributed by atoms with Gasteiger partial charge < -0.3 is 4.74 Å². The van der Waals surface area contributed by atoms with Crippen LogP contribution in [0, 0.1) is 5.92 Å². The van der Waals surface area contributed by atoms with E-state index in [1.54, 1.807) is 6.92 Å². The largest absolute Gasteiger partial charge is 0.468 e. The molecule has 0 aliphatic carbocycles. The highest BCUT2D eigenvalue weighted by molar-refractivity contribution is 6.29. The Morgan fingerprint density at radius 3 is 2.56 bits per heavy atom. The predicted molar refractivity (Wildman–Crippen MR) is 68.1 cm³/mol. The molecule has 96 valence electrons. The lowest BCUT2D eigenvalue weighted by Crippen LogP contribution is -2.31. The van der Waals surface area contributed by atoms with Crippen LogP contribution in [0.25, 0.3) is 0 Å².